The summed E-state index contributed by atoms with van der Waals surface area (Å²) in [7, 11) is 0. The third kappa shape index (κ3) is 1.46. The van der Waals surface area contributed by atoms with E-state index in [1.807, 2.05) is 29.7 Å². The highest BCUT2D eigenvalue weighted by Crippen LogP contribution is 2.08. The molecule has 0 spiro atoms. The summed E-state index contributed by atoms with van der Waals surface area (Å²) in [5.41, 5.74) is 7.93. The highest BCUT2D eigenvalue weighted by molar-refractivity contribution is 5.76. The summed E-state index contributed by atoms with van der Waals surface area (Å²) in [6.45, 7) is 1.99. The van der Waals surface area contributed by atoms with Crippen molar-refractivity contribution in [2.24, 2.45) is 5.73 Å². The van der Waals surface area contributed by atoms with Gasteiger partial charge in [0.05, 0.1) is 12.1 Å². The second-order valence-electron chi connectivity index (χ2n) is 3.33. The first-order valence-electron chi connectivity index (χ1n) is 4.38. The van der Waals surface area contributed by atoms with Gasteiger partial charge in [0.15, 0.2) is 0 Å². The van der Waals surface area contributed by atoms with Crippen LogP contribution in [0.4, 0.5) is 0 Å². The zero-order chi connectivity index (χ0) is 10.1. The molecule has 72 valence electrons. The number of pyridine rings is 1. The maximum absolute atomic E-state index is 10.8. The van der Waals surface area contributed by atoms with Gasteiger partial charge in [-0.3, -0.25) is 4.79 Å². The molecule has 4 nitrogen and oxygen atoms in total. The molecule has 0 fully saturated rings. The van der Waals surface area contributed by atoms with Crippen LogP contribution in [0, 0.1) is 6.92 Å². The Labute approximate surface area is 81.4 Å². The van der Waals surface area contributed by atoms with Crippen LogP contribution in [0.1, 0.15) is 11.3 Å². The van der Waals surface area contributed by atoms with Crippen molar-refractivity contribution in [3.05, 3.63) is 35.8 Å². The van der Waals surface area contributed by atoms with E-state index in [-0.39, 0.29) is 12.3 Å². The van der Waals surface area contributed by atoms with Crippen molar-refractivity contribution in [1.82, 2.24) is 9.38 Å². The number of hydrogen-bond acceptors (Lipinski definition) is 2. The Morgan fingerprint density at radius 1 is 1.57 bits per heavy atom. The molecule has 0 bridgehead atoms. The molecule has 4 heteroatoms. The number of primary amides is 1. The predicted molar refractivity (Wildman–Crippen MR) is 52.8 cm³/mol. The summed E-state index contributed by atoms with van der Waals surface area (Å²) in [5.74, 6) is -0.340. The Bertz CT molecular complexity index is 487. The van der Waals surface area contributed by atoms with Gasteiger partial charge in [0.1, 0.15) is 5.65 Å². The van der Waals surface area contributed by atoms with Crippen LogP contribution in [0.25, 0.3) is 5.65 Å². The molecule has 0 saturated heterocycles. The fraction of sp³-hybridized carbons (Fsp3) is 0.200. The summed E-state index contributed by atoms with van der Waals surface area (Å²) in [6.07, 6.45) is 3.85. The van der Waals surface area contributed by atoms with Crippen molar-refractivity contribution < 1.29 is 4.79 Å². The van der Waals surface area contributed by atoms with Gasteiger partial charge in [-0.25, -0.2) is 4.98 Å². The van der Waals surface area contributed by atoms with E-state index in [1.54, 1.807) is 6.20 Å². The molecule has 0 aromatic carbocycles. The number of aromatic nitrogens is 2. The van der Waals surface area contributed by atoms with Gasteiger partial charge in [-0.15, -0.1) is 0 Å². The maximum atomic E-state index is 10.8. The molecule has 2 aromatic heterocycles. The Kier molecular flexibility index (Phi) is 1.96. The van der Waals surface area contributed by atoms with Crippen molar-refractivity contribution in [3.8, 4) is 0 Å². The predicted octanol–water partition coefficient (Wildman–Crippen LogP) is 0.671. The second kappa shape index (κ2) is 3.14. The van der Waals surface area contributed by atoms with Gasteiger partial charge >= 0.3 is 0 Å². The number of imidazole rings is 1. The summed E-state index contributed by atoms with van der Waals surface area (Å²) in [6, 6.07) is 3.90. The summed E-state index contributed by atoms with van der Waals surface area (Å²) >= 11 is 0. The minimum atomic E-state index is -0.340. The number of hydrogen-bond donors (Lipinski definition) is 1. The molecule has 2 N–H and O–H groups in total. The van der Waals surface area contributed by atoms with Gasteiger partial charge in [-0.1, -0.05) is 6.07 Å². The monoisotopic (exact) mass is 189 g/mol. The molecule has 0 aliphatic heterocycles. The molecule has 2 heterocycles. The average molecular weight is 189 g/mol. The Morgan fingerprint density at radius 3 is 3.07 bits per heavy atom. The topological polar surface area (TPSA) is 60.4 Å². The first kappa shape index (κ1) is 8.74. The average Bonchev–Trinajstić information content (AvgIpc) is 2.47. The molecule has 0 atom stereocenters. The Balaban J connectivity index is 2.55. The number of amides is 1. The number of carbonyl (C=O) groups is 1. The highest BCUT2D eigenvalue weighted by Gasteiger charge is 2.05. The van der Waals surface area contributed by atoms with Crippen LogP contribution in [-0.2, 0) is 11.2 Å². The van der Waals surface area contributed by atoms with Gasteiger partial charge in [0.25, 0.3) is 0 Å². The molecule has 0 unspecified atom stereocenters. The van der Waals surface area contributed by atoms with Crippen LogP contribution in [-0.4, -0.2) is 15.3 Å². The van der Waals surface area contributed by atoms with Gasteiger partial charge in [-0.2, -0.15) is 0 Å². The number of carbonyl (C=O) groups excluding carboxylic acids is 1. The maximum Gasteiger partial charge on any atom is 0.223 e. The zero-order valence-corrected chi connectivity index (χ0v) is 7.90. The highest BCUT2D eigenvalue weighted by atomic mass is 16.1. The number of fused-ring (bicyclic) bond motifs is 1. The molecular weight excluding hydrogens is 178 g/mol. The molecule has 2 rings (SSSR count). The second-order valence-corrected chi connectivity index (χ2v) is 3.33. The van der Waals surface area contributed by atoms with Crippen LogP contribution >= 0.6 is 0 Å². The third-order valence-corrected chi connectivity index (χ3v) is 2.09. The molecule has 0 radical (unpaired) electrons. The van der Waals surface area contributed by atoms with Crippen molar-refractivity contribution in [1.29, 1.82) is 0 Å². The van der Waals surface area contributed by atoms with Crippen LogP contribution in [0.2, 0.25) is 0 Å². The van der Waals surface area contributed by atoms with Crippen molar-refractivity contribution in [3.63, 3.8) is 0 Å². The Morgan fingerprint density at radius 2 is 2.36 bits per heavy atom. The minimum Gasteiger partial charge on any atom is -0.369 e. The first-order valence-corrected chi connectivity index (χ1v) is 4.38. The molecule has 0 aliphatic carbocycles. The lowest BCUT2D eigenvalue weighted by Gasteiger charge is -1.99. The summed E-state index contributed by atoms with van der Waals surface area (Å²) < 4.78 is 1.89. The quantitative estimate of drug-likeness (QED) is 0.754. The fourth-order valence-corrected chi connectivity index (χ4v) is 1.45. The van der Waals surface area contributed by atoms with E-state index in [0.717, 1.165) is 16.9 Å². The smallest absolute Gasteiger partial charge is 0.223 e. The standard InChI is InChI=1S/C10H11N3O/c1-7-2-3-10-12-5-8(4-9(11)14)13(10)6-7/h2-3,5-6H,4H2,1H3,(H2,11,14). The van der Waals surface area contributed by atoms with Crippen molar-refractivity contribution in [2.45, 2.75) is 13.3 Å². The SMILES string of the molecule is Cc1ccc2ncc(CC(N)=O)n2c1. The molecule has 2 aromatic rings. The zero-order valence-electron chi connectivity index (χ0n) is 7.90. The first-order chi connectivity index (χ1) is 6.66. The molecule has 0 aliphatic rings. The lowest BCUT2D eigenvalue weighted by molar-refractivity contribution is -0.117. The lowest BCUT2D eigenvalue weighted by atomic mass is 10.3. The van der Waals surface area contributed by atoms with Crippen LogP contribution in [0.3, 0.4) is 0 Å². The van der Waals surface area contributed by atoms with E-state index in [0.29, 0.717) is 0 Å². The largest absolute Gasteiger partial charge is 0.369 e. The molecular formula is C10H11N3O. The molecule has 1 amide bonds. The van der Waals surface area contributed by atoms with Crippen LogP contribution < -0.4 is 5.73 Å². The summed E-state index contributed by atoms with van der Waals surface area (Å²) in [4.78, 5) is 14.9. The van der Waals surface area contributed by atoms with E-state index in [4.69, 9.17) is 5.73 Å². The number of aryl methyl sites for hydroxylation is 1. The van der Waals surface area contributed by atoms with Crippen molar-refractivity contribution >= 4 is 11.6 Å². The number of nitrogens with two attached hydrogens (primary N) is 1. The molecule has 0 saturated carbocycles. The van der Waals surface area contributed by atoms with E-state index in [1.165, 1.54) is 0 Å². The van der Waals surface area contributed by atoms with E-state index in [2.05, 4.69) is 4.98 Å². The number of rotatable bonds is 2. The van der Waals surface area contributed by atoms with E-state index in [9.17, 15) is 4.79 Å². The molecule has 14 heavy (non-hydrogen) atoms. The van der Waals surface area contributed by atoms with Gasteiger partial charge in [0, 0.05) is 12.4 Å². The normalized spacial score (nSPS) is 10.6. The third-order valence-electron chi connectivity index (χ3n) is 2.09. The van der Waals surface area contributed by atoms with Crippen molar-refractivity contribution in [2.75, 3.05) is 0 Å². The fourth-order valence-electron chi connectivity index (χ4n) is 1.45. The number of nitrogens with zero attached hydrogens (tertiary/aromatic N) is 2. The lowest BCUT2D eigenvalue weighted by Crippen LogP contribution is -2.14. The van der Waals surface area contributed by atoms with E-state index < -0.39 is 0 Å². The van der Waals surface area contributed by atoms with Gasteiger partial charge < -0.3 is 10.1 Å². The minimum absolute atomic E-state index is 0.227. The van der Waals surface area contributed by atoms with Crippen LogP contribution in [0.5, 0.6) is 0 Å². The van der Waals surface area contributed by atoms with Gasteiger partial charge in [-0.05, 0) is 18.6 Å². The van der Waals surface area contributed by atoms with E-state index >= 15 is 0 Å². The van der Waals surface area contributed by atoms with Crippen LogP contribution in [0.15, 0.2) is 24.5 Å². The summed E-state index contributed by atoms with van der Waals surface area (Å²) in [5, 5.41) is 0. The Hall–Kier alpha value is -1.84. The van der Waals surface area contributed by atoms with Gasteiger partial charge in [0.2, 0.25) is 5.91 Å².